The second-order valence-electron chi connectivity index (χ2n) is 6.32. The average molecular weight is 349 g/mol. The maximum atomic E-state index is 12.0. The molecule has 1 fully saturated rings. The van der Waals surface area contributed by atoms with Crippen LogP contribution < -0.4 is 10.1 Å². The van der Waals surface area contributed by atoms with Gasteiger partial charge in [-0.3, -0.25) is 9.36 Å². The maximum Gasteiger partial charge on any atom is 0.238 e. The first-order valence-corrected chi connectivity index (χ1v) is 8.62. The molecule has 0 atom stereocenters. The van der Waals surface area contributed by atoms with Gasteiger partial charge in [0, 0.05) is 30.1 Å². The van der Waals surface area contributed by atoms with Crippen molar-refractivity contribution in [2.75, 3.05) is 5.32 Å². The van der Waals surface area contributed by atoms with Gasteiger partial charge in [0.2, 0.25) is 11.8 Å². The van der Waals surface area contributed by atoms with Crippen molar-refractivity contribution in [1.29, 1.82) is 0 Å². The van der Waals surface area contributed by atoms with E-state index in [9.17, 15) is 4.79 Å². The van der Waals surface area contributed by atoms with Gasteiger partial charge in [-0.05, 0) is 50.1 Å². The van der Waals surface area contributed by atoms with Gasteiger partial charge in [0.1, 0.15) is 11.6 Å². The molecule has 7 nitrogen and oxygen atoms in total. The summed E-state index contributed by atoms with van der Waals surface area (Å²) < 4.78 is 7.55. The van der Waals surface area contributed by atoms with Crippen LogP contribution in [-0.4, -0.2) is 25.7 Å². The second kappa shape index (κ2) is 6.95. The van der Waals surface area contributed by atoms with Crippen LogP contribution in [0.15, 0.2) is 48.8 Å². The van der Waals surface area contributed by atoms with Crippen LogP contribution in [0.5, 0.6) is 11.6 Å². The molecule has 4 rings (SSSR count). The number of aromatic nitrogens is 4. The largest absolute Gasteiger partial charge is 0.438 e. The fourth-order valence-corrected chi connectivity index (χ4v) is 2.76. The Morgan fingerprint density at radius 2 is 1.96 bits per heavy atom. The van der Waals surface area contributed by atoms with E-state index < -0.39 is 0 Å². The molecule has 2 heterocycles. The third-order valence-corrected chi connectivity index (χ3v) is 4.52. The van der Waals surface area contributed by atoms with E-state index in [4.69, 9.17) is 4.74 Å². The smallest absolute Gasteiger partial charge is 0.238 e. The van der Waals surface area contributed by atoms with Crippen LogP contribution in [0.1, 0.15) is 25.1 Å². The molecule has 1 aliphatic rings. The minimum absolute atomic E-state index is 0.0983. The highest BCUT2D eigenvalue weighted by molar-refractivity contribution is 5.93. The molecule has 1 aromatic carbocycles. The lowest BCUT2D eigenvalue weighted by atomic mass is 9.85. The number of carbonyl (C=O) groups is 1. The molecule has 0 unspecified atom stereocenters. The molecule has 2 aromatic heterocycles. The Morgan fingerprint density at radius 3 is 2.54 bits per heavy atom. The number of imidazole rings is 1. The zero-order valence-corrected chi connectivity index (χ0v) is 14.4. The summed E-state index contributed by atoms with van der Waals surface area (Å²) >= 11 is 0. The Kier molecular flexibility index (Phi) is 4.35. The van der Waals surface area contributed by atoms with Crippen molar-refractivity contribution in [3.05, 3.63) is 54.6 Å². The standard InChI is InChI=1S/C19H19N5O2/c1-13-20-11-12-24(13)17-9-10-18(23-22-17)26-16-7-5-15(6-8-16)21-19(25)14-3-2-4-14/h5-12,14H,2-4H2,1H3,(H,21,25). The van der Waals surface area contributed by atoms with Gasteiger partial charge >= 0.3 is 0 Å². The fraction of sp³-hybridized carbons (Fsp3) is 0.263. The molecular formula is C19H19N5O2. The Balaban J connectivity index is 1.39. The topological polar surface area (TPSA) is 81.9 Å². The summed E-state index contributed by atoms with van der Waals surface area (Å²) in [6.45, 7) is 1.90. The van der Waals surface area contributed by atoms with Gasteiger partial charge in [-0.25, -0.2) is 4.98 Å². The molecule has 0 saturated heterocycles. The van der Waals surface area contributed by atoms with Crippen LogP contribution >= 0.6 is 0 Å². The van der Waals surface area contributed by atoms with E-state index in [2.05, 4.69) is 20.5 Å². The van der Waals surface area contributed by atoms with Crippen molar-refractivity contribution >= 4 is 11.6 Å². The summed E-state index contributed by atoms with van der Waals surface area (Å²) in [5.41, 5.74) is 0.770. The van der Waals surface area contributed by atoms with Gasteiger partial charge < -0.3 is 10.1 Å². The van der Waals surface area contributed by atoms with E-state index in [-0.39, 0.29) is 11.8 Å². The van der Waals surface area contributed by atoms with Gasteiger partial charge in [-0.1, -0.05) is 6.42 Å². The molecule has 0 bridgehead atoms. The Bertz CT molecular complexity index is 898. The predicted octanol–water partition coefficient (Wildman–Crippen LogP) is 3.50. The van der Waals surface area contributed by atoms with Crippen LogP contribution in [-0.2, 0) is 4.79 Å². The van der Waals surface area contributed by atoms with Gasteiger partial charge in [-0.2, -0.15) is 0 Å². The molecule has 0 aliphatic heterocycles. The molecule has 132 valence electrons. The normalized spacial score (nSPS) is 13.9. The Labute approximate surface area is 151 Å². The van der Waals surface area contributed by atoms with Gasteiger partial charge in [-0.15, -0.1) is 10.2 Å². The number of nitrogens with one attached hydrogen (secondary N) is 1. The number of anilines is 1. The first-order valence-electron chi connectivity index (χ1n) is 8.62. The first kappa shape index (κ1) is 16.3. The summed E-state index contributed by atoms with van der Waals surface area (Å²) in [7, 11) is 0. The van der Waals surface area contributed by atoms with Crippen LogP contribution in [0.3, 0.4) is 0 Å². The summed E-state index contributed by atoms with van der Waals surface area (Å²) in [5, 5.41) is 11.2. The molecule has 1 amide bonds. The first-order chi connectivity index (χ1) is 12.7. The molecule has 7 heteroatoms. The summed E-state index contributed by atoms with van der Waals surface area (Å²) in [6.07, 6.45) is 6.66. The van der Waals surface area contributed by atoms with Crippen LogP contribution in [0, 0.1) is 12.8 Å². The number of carbonyl (C=O) groups excluding carboxylic acids is 1. The van der Waals surface area contributed by atoms with Gasteiger partial charge in [0.25, 0.3) is 0 Å². The predicted molar refractivity (Wildman–Crippen MR) is 96.4 cm³/mol. The zero-order chi connectivity index (χ0) is 17.9. The SMILES string of the molecule is Cc1nccn1-c1ccc(Oc2ccc(NC(=O)C3CCC3)cc2)nn1. The fourth-order valence-electron chi connectivity index (χ4n) is 2.76. The van der Waals surface area contributed by atoms with Crippen molar-refractivity contribution in [3.63, 3.8) is 0 Å². The highest BCUT2D eigenvalue weighted by atomic mass is 16.5. The highest BCUT2D eigenvalue weighted by Gasteiger charge is 2.25. The molecule has 1 N–H and O–H groups in total. The average Bonchev–Trinajstić information content (AvgIpc) is 3.02. The van der Waals surface area contributed by atoms with Crippen molar-refractivity contribution in [3.8, 4) is 17.4 Å². The van der Waals surface area contributed by atoms with Crippen molar-refractivity contribution in [1.82, 2.24) is 19.7 Å². The van der Waals surface area contributed by atoms with Crippen molar-refractivity contribution in [2.24, 2.45) is 5.92 Å². The van der Waals surface area contributed by atoms with Crippen molar-refractivity contribution < 1.29 is 9.53 Å². The zero-order valence-electron chi connectivity index (χ0n) is 14.4. The third-order valence-electron chi connectivity index (χ3n) is 4.52. The molecule has 26 heavy (non-hydrogen) atoms. The molecule has 0 radical (unpaired) electrons. The number of benzene rings is 1. The van der Waals surface area contributed by atoms with Gasteiger partial charge in [0.05, 0.1) is 0 Å². The minimum atomic E-state index is 0.0983. The summed E-state index contributed by atoms with van der Waals surface area (Å²) in [4.78, 5) is 16.1. The number of nitrogens with zero attached hydrogens (tertiary/aromatic N) is 4. The highest BCUT2D eigenvalue weighted by Crippen LogP contribution is 2.28. The van der Waals surface area contributed by atoms with E-state index in [1.165, 1.54) is 0 Å². The van der Waals surface area contributed by atoms with Crippen LogP contribution in [0.4, 0.5) is 5.69 Å². The lowest BCUT2D eigenvalue weighted by molar-refractivity contribution is -0.122. The summed E-state index contributed by atoms with van der Waals surface area (Å²) in [6, 6.07) is 10.8. The van der Waals surface area contributed by atoms with E-state index in [1.54, 1.807) is 24.4 Å². The minimum Gasteiger partial charge on any atom is -0.438 e. The van der Waals surface area contributed by atoms with Crippen molar-refractivity contribution in [2.45, 2.75) is 26.2 Å². The number of ether oxygens (including phenoxy) is 1. The number of rotatable bonds is 5. The number of amides is 1. The molecule has 1 aliphatic carbocycles. The monoisotopic (exact) mass is 349 g/mol. The third kappa shape index (κ3) is 3.42. The van der Waals surface area contributed by atoms with E-state index in [0.29, 0.717) is 17.4 Å². The number of hydrogen-bond donors (Lipinski definition) is 1. The molecule has 3 aromatic rings. The Morgan fingerprint density at radius 1 is 1.15 bits per heavy atom. The maximum absolute atomic E-state index is 12.0. The Hall–Kier alpha value is -3.22. The molecule has 1 saturated carbocycles. The van der Waals surface area contributed by atoms with Crippen LogP contribution in [0.2, 0.25) is 0 Å². The van der Waals surface area contributed by atoms with E-state index in [0.717, 1.165) is 30.8 Å². The second-order valence-corrected chi connectivity index (χ2v) is 6.32. The molecule has 0 spiro atoms. The number of aryl methyl sites for hydroxylation is 1. The lowest BCUT2D eigenvalue weighted by Crippen LogP contribution is -2.27. The van der Waals surface area contributed by atoms with Gasteiger partial charge in [0.15, 0.2) is 5.82 Å². The number of hydrogen-bond acceptors (Lipinski definition) is 5. The molecular weight excluding hydrogens is 330 g/mol. The quantitative estimate of drug-likeness (QED) is 0.762. The van der Waals surface area contributed by atoms with E-state index in [1.807, 2.05) is 35.9 Å². The van der Waals surface area contributed by atoms with E-state index >= 15 is 0 Å². The lowest BCUT2D eigenvalue weighted by Gasteiger charge is -2.24. The summed E-state index contributed by atoms with van der Waals surface area (Å²) in [5.74, 6) is 2.82. The van der Waals surface area contributed by atoms with Crippen LogP contribution in [0.25, 0.3) is 5.82 Å².